The summed E-state index contributed by atoms with van der Waals surface area (Å²) in [5, 5.41) is 11.4. The number of hydrogen-bond acceptors (Lipinski definition) is 3. The van der Waals surface area contributed by atoms with Gasteiger partial charge in [-0.25, -0.2) is 4.98 Å². The van der Waals surface area contributed by atoms with Crippen LogP contribution < -0.4 is 0 Å². The molecule has 4 heteroatoms. The van der Waals surface area contributed by atoms with E-state index in [1.54, 1.807) is 0 Å². The molecule has 1 aromatic carbocycles. The molecule has 0 aliphatic carbocycles. The van der Waals surface area contributed by atoms with Crippen molar-refractivity contribution in [1.29, 1.82) is 0 Å². The standard InChI is InChI=1S/C17H21ClN2O/c1-11-3-4-13-8-15(17(18)19-16(13)7-11)10-20-6-5-14(9-20)12(2)21/h3-4,7-8,12,14,21H,5-6,9-10H2,1-2H3. The van der Waals surface area contributed by atoms with Crippen LogP contribution in [0.4, 0.5) is 0 Å². The molecule has 1 saturated heterocycles. The maximum atomic E-state index is 9.69. The van der Waals surface area contributed by atoms with Gasteiger partial charge in [0.1, 0.15) is 5.15 Å². The van der Waals surface area contributed by atoms with Crippen LogP contribution in [0.2, 0.25) is 5.15 Å². The highest BCUT2D eigenvalue weighted by atomic mass is 35.5. The summed E-state index contributed by atoms with van der Waals surface area (Å²) in [6.07, 6.45) is 0.818. The van der Waals surface area contributed by atoms with Crippen LogP contribution in [0.5, 0.6) is 0 Å². The van der Waals surface area contributed by atoms with Crippen LogP contribution in [0.25, 0.3) is 10.9 Å². The first kappa shape index (κ1) is 14.8. The fourth-order valence-corrected chi connectivity index (χ4v) is 3.25. The molecule has 0 saturated carbocycles. The minimum Gasteiger partial charge on any atom is -0.393 e. The van der Waals surface area contributed by atoms with Gasteiger partial charge in [0, 0.05) is 24.0 Å². The van der Waals surface area contributed by atoms with Gasteiger partial charge in [0.05, 0.1) is 11.6 Å². The summed E-state index contributed by atoms with van der Waals surface area (Å²) < 4.78 is 0. The summed E-state index contributed by atoms with van der Waals surface area (Å²) in [7, 11) is 0. The summed E-state index contributed by atoms with van der Waals surface area (Å²) in [6.45, 7) is 6.68. The molecule has 2 atom stereocenters. The third kappa shape index (κ3) is 3.20. The second-order valence-corrected chi connectivity index (χ2v) is 6.52. The minimum absolute atomic E-state index is 0.233. The van der Waals surface area contributed by atoms with E-state index >= 15 is 0 Å². The molecule has 1 fully saturated rings. The van der Waals surface area contributed by atoms with E-state index in [1.165, 1.54) is 5.56 Å². The van der Waals surface area contributed by atoms with E-state index < -0.39 is 0 Å². The van der Waals surface area contributed by atoms with E-state index in [9.17, 15) is 5.11 Å². The van der Waals surface area contributed by atoms with Crippen LogP contribution >= 0.6 is 11.6 Å². The van der Waals surface area contributed by atoms with Gasteiger partial charge in [0.25, 0.3) is 0 Å². The van der Waals surface area contributed by atoms with Gasteiger partial charge in [-0.3, -0.25) is 4.90 Å². The minimum atomic E-state index is -0.233. The lowest BCUT2D eigenvalue weighted by Gasteiger charge is -2.18. The van der Waals surface area contributed by atoms with Gasteiger partial charge < -0.3 is 5.11 Å². The zero-order chi connectivity index (χ0) is 15.0. The number of aromatic nitrogens is 1. The Bertz CT molecular complexity index is 657. The number of fused-ring (bicyclic) bond motifs is 1. The highest BCUT2D eigenvalue weighted by Gasteiger charge is 2.26. The zero-order valence-electron chi connectivity index (χ0n) is 12.5. The molecule has 0 bridgehead atoms. The molecule has 3 rings (SSSR count). The van der Waals surface area contributed by atoms with E-state index in [0.29, 0.717) is 11.1 Å². The van der Waals surface area contributed by atoms with Crippen LogP contribution in [0.1, 0.15) is 24.5 Å². The van der Waals surface area contributed by atoms with Gasteiger partial charge in [0.15, 0.2) is 0 Å². The SMILES string of the molecule is Cc1ccc2cc(CN3CCC(C(C)O)C3)c(Cl)nc2c1. The summed E-state index contributed by atoms with van der Waals surface area (Å²) in [5.74, 6) is 0.375. The summed E-state index contributed by atoms with van der Waals surface area (Å²) in [6, 6.07) is 8.39. The first-order valence-electron chi connectivity index (χ1n) is 7.49. The number of benzene rings is 1. The van der Waals surface area contributed by atoms with Crippen molar-refractivity contribution in [3.63, 3.8) is 0 Å². The second kappa shape index (κ2) is 5.91. The molecule has 2 unspecified atom stereocenters. The molecule has 21 heavy (non-hydrogen) atoms. The molecular formula is C17H21ClN2O. The van der Waals surface area contributed by atoms with Gasteiger partial charge in [0.2, 0.25) is 0 Å². The fourth-order valence-electron chi connectivity index (χ4n) is 3.05. The number of aliphatic hydroxyl groups excluding tert-OH is 1. The normalized spacial score (nSPS) is 21.0. The average molecular weight is 305 g/mol. The predicted molar refractivity (Wildman–Crippen MR) is 86.6 cm³/mol. The second-order valence-electron chi connectivity index (χ2n) is 6.16. The smallest absolute Gasteiger partial charge is 0.134 e. The summed E-state index contributed by atoms with van der Waals surface area (Å²) >= 11 is 6.35. The number of hydrogen-bond donors (Lipinski definition) is 1. The van der Waals surface area contributed by atoms with E-state index in [0.717, 1.165) is 42.5 Å². The van der Waals surface area contributed by atoms with Gasteiger partial charge in [-0.05, 0) is 50.4 Å². The quantitative estimate of drug-likeness (QED) is 0.883. The topological polar surface area (TPSA) is 36.4 Å². The van der Waals surface area contributed by atoms with Crippen LogP contribution in [-0.4, -0.2) is 34.2 Å². The highest BCUT2D eigenvalue weighted by Crippen LogP contribution is 2.26. The van der Waals surface area contributed by atoms with Crippen molar-refractivity contribution >= 4 is 22.5 Å². The van der Waals surface area contributed by atoms with Crippen molar-refractivity contribution in [2.24, 2.45) is 5.92 Å². The van der Waals surface area contributed by atoms with E-state index in [4.69, 9.17) is 11.6 Å². The van der Waals surface area contributed by atoms with Crippen LogP contribution in [0.3, 0.4) is 0 Å². The van der Waals surface area contributed by atoms with E-state index in [2.05, 4.69) is 41.1 Å². The van der Waals surface area contributed by atoms with Crippen LogP contribution in [0.15, 0.2) is 24.3 Å². The van der Waals surface area contributed by atoms with Crippen molar-refractivity contribution in [3.05, 3.63) is 40.5 Å². The predicted octanol–water partition coefficient (Wildman–Crippen LogP) is 3.40. The lowest BCUT2D eigenvalue weighted by atomic mass is 10.0. The molecule has 1 N–H and O–H groups in total. The Morgan fingerprint density at radius 2 is 2.24 bits per heavy atom. The molecule has 1 aromatic heterocycles. The van der Waals surface area contributed by atoms with Gasteiger partial charge in [-0.1, -0.05) is 23.7 Å². The molecule has 2 heterocycles. The first-order valence-corrected chi connectivity index (χ1v) is 7.87. The Kier molecular flexibility index (Phi) is 4.16. The number of likely N-dealkylation sites (tertiary alicyclic amines) is 1. The maximum Gasteiger partial charge on any atom is 0.134 e. The van der Waals surface area contributed by atoms with Gasteiger partial charge in [-0.15, -0.1) is 0 Å². The van der Waals surface area contributed by atoms with Crippen LogP contribution in [-0.2, 0) is 6.54 Å². The average Bonchev–Trinajstić information content (AvgIpc) is 2.89. The maximum absolute atomic E-state index is 9.69. The number of nitrogens with zero attached hydrogens (tertiary/aromatic N) is 2. The van der Waals surface area contributed by atoms with Crippen LogP contribution in [0, 0.1) is 12.8 Å². The van der Waals surface area contributed by atoms with E-state index in [1.807, 2.05) is 6.92 Å². The number of aryl methyl sites for hydroxylation is 1. The molecule has 112 valence electrons. The van der Waals surface area contributed by atoms with Crippen molar-refractivity contribution in [2.75, 3.05) is 13.1 Å². The Hall–Kier alpha value is -1.16. The molecule has 0 spiro atoms. The first-order chi connectivity index (χ1) is 10.0. The molecule has 1 aliphatic rings. The molecule has 0 radical (unpaired) electrons. The lowest BCUT2D eigenvalue weighted by Crippen LogP contribution is -2.24. The Balaban J connectivity index is 1.81. The molecule has 3 nitrogen and oxygen atoms in total. The zero-order valence-corrected chi connectivity index (χ0v) is 13.3. The molecular weight excluding hydrogens is 284 g/mol. The number of halogens is 1. The Labute approximate surface area is 130 Å². The van der Waals surface area contributed by atoms with Crippen molar-refractivity contribution in [1.82, 2.24) is 9.88 Å². The van der Waals surface area contributed by atoms with Crippen molar-refractivity contribution in [3.8, 4) is 0 Å². The van der Waals surface area contributed by atoms with Gasteiger partial charge in [-0.2, -0.15) is 0 Å². The summed E-state index contributed by atoms with van der Waals surface area (Å²) in [5.41, 5.74) is 3.21. The fraction of sp³-hybridized carbons (Fsp3) is 0.471. The highest BCUT2D eigenvalue weighted by molar-refractivity contribution is 6.30. The molecule has 1 aliphatic heterocycles. The van der Waals surface area contributed by atoms with Crippen molar-refractivity contribution in [2.45, 2.75) is 32.9 Å². The van der Waals surface area contributed by atoms with E-state index in [-0.39, 0.29) is 6.10 Å². The lowest BCUT2D eigenvalue weighted by molar-refractivity contribution is 0.127. The monoisotopic (exact) mass is 304 g/mol. The third-order valence-corrected chi connectivity index (χ3v) is 4.71. The Morgan fingerprint density at radius 1 is 1.43 bits per heavy atom. The van der Waals surface area contributed by atoms with Gasteiger partial charge >= 0.3 is 0 Å². The third-order valence-electron chi connectivity index (χ3n) is 4.38. The summed E-state index contributed by atoms with van der Waals surface area (Å²) in [4.78, 5) is 6.87. The molecule has 0 amide bonds. The Morgan fingerprint density at radius 3 is 2.95 bits per heavy atom. The van der Waals surface area contributed by atoms with Crippen molar-refractivity contribution < 1.29 is 5.11 Å². The molecule has 2 aromatic rings. The number of aliphatic hydroxyl groups is 1. The number of pyridine rings is 1. The number of rotatable bonds is 3. The largest absolute Gasteiger partial charge is 0.393 e.